The molecule has 2 rings (SSSR count). The molecule has 0 saturated heterocycles. The van der Waals surface area contributed by atoms with E-state index in [0.717, 1.165) is 13.0 Å². The highest BCUT2D eigenvalue weighted by atomic mass is 32.2. The number of halogens is 1. The number of anilines is 1. The van der Waals surface area contributed by atoms with Crippen molar-refractivity contribution in [3.8, 4) is 0 Å². The van der Waals surface area contributed by atoms with Crippen molar-refractivity contribution in [2.45, 2.75) is 17.9 Å². The van der Waals surface area contributed by atoms with Crippen LogP contribution >= 0.6 is 0 Å². The number of nitrogens with zero attached hydrogens (tertiary/aromatic N) is 2. The van der Waals surface area contributed by atoms with Crippen LogP contribution in [0, 0.1) is 5.82 Å². The van der Waals surface area contributed by atoms with Crippen molar-refractivity contribution in [1.29, 1.82) is 0 Å². The van der Waals surface area contributed by atoms with Crippen LogP contribution in [0.15, 0.2) is 41.8 Å². The van der Waals surface area contributed by atoms with Gasteiger partial charge in [-0.05, 0) is 24.6 Å². The average molecular weight is 267 g/mol. The minimum Gasteiger partial charge on any atom is -0.398 e. The van der Waals surface area contributed by atoms with Crippen molar-refractivity contribution in [3.05, 3.63) is 42.7 Å². The predicted octanol–water partition coefficient (Wildman–Crippen LogP) is 1.80. The standard InChI is InChI=1S/C12H14FN3OS/c13-10-2-3-11(14)12(8-10)18(17)7-1-5-16-6-4-15-9-16/h2-4,6,8-9H,1,5,7,14H2. The topological polar surface area (TPSA) is 60.9 Å². The predicted molar refractivity (Wildman–Crippen MR) is 68.9 cm³/mol. The summed E-state index contributed by atoms with van der Waals surface area (Å²) in [5.74, 6) is 0.0356. The maximum absolute atomic E-state index is 13.1. The quantitative estimate of drug-likeness (QED) is 0.840. The van der Waals surface area contributed by atoms with Gasteiger partial charge in [0.1, 0.15) is 5.82 Å². The van der Waals surface area contributed by atoms with E-state index in [2.05, 4.69) is 4.98 Å². The van der Waals surface area contributed by atoms with Crippen LogP contribution in [0.4, 0.5) is 10.1 Å². The van der Waals surface area contributed by atoms with E-state index < -0.39 is 16.6 Å². The maximum atomic E-state index is 13.1. The molecule has 0 radical (unpaired) electrons. The molecule has 2 aromatic rings. The lowest BCUT2D eigenvalue weighted by atomic mass is 10.3. The average Bonchev–Trinajstić information content (AvgIpc) is 2.85. The van der Waals surface area contributed by atoms with E-state index >= 15 is 0 Å². The Labute approximate surface area is 107 Å². The van der Waals surface area contributed by atoms with Gasteiger partial charge in [-0.15, -0.1) is 0 Å². The summed E-state index contributed by atoms with van der Waals surface area (Å²) in [6.45, 7) is 0.737. The zero-order chi connectivity index (χ0) is 13.0. The molecule has 1 atom stereocenters. The molecule has 0 bridgehead atoms. The molecule has 0 aliphatic carbocycles. The number of aryl methyl sites for hydroxylation is 1. The van der Waals surface area contributed by atoms with Gasteiger partial charge in [0.2, 0.25) is 0 Å². The van der Waals surface area contributed by atoms with Crippen LogP contribution in [0.3, 0.4) is 0 Å². The van der Waals surface area contributed by atoms with E-state index in [4.69, 9.17) is 5.73 Å². The summed E-state index contributed by atoms with van der Waals surface area (Å²) in [5.41, 5.74) is 6.05. The number of nitrogen functional groups attached to an aromatic ring is 1. The first-order valence-electron chi connectivity index (χ1n) is 5.56. The Hall–Kier alpha value is -1.69. The maximum Gasteiger partial charge on any atom is 0.124 e. The second-order valence-corrected chi connectivity index (χ2v) is 5.42. The molecule has 1 aromatic carbocycles. The Balaban J connectivity index is 1.93. The van der Waals surface area contributed by atoms with Gasteiger partial charge in [-0.3, -0.25) is 4.21 Å². The number of nitrogens with two attached hydrogens (primary N) is 1. The van der Waals surface area contributed by atoms with Crippen molar-refractivity contribution >= 4 is 16.5 Å². The Morgan fingerprint density at radius 3 is 3.00 bits per heavy atom. The van der Waals surface area contributed by atoms with Crippen LogP contribution in [0.2, 0.25) is 0 Å². The Morgan fingerprint density at radius 1 is 1.44 bits per heavy atom. The van der Waals surface area contributed by atoms with Crippen LogP contribution in [0.5, 0.6) is 0 Å². The van der Waals surface area contributed by atoms with Gasteiger partial charge in [0.25, 0.3) is 0 Å². The van der Waals surface area contributed by atoms with Crippen LogP contribution in [-0.4, -0.2) is 19.5 Å². The van der Waals surface area contributed by atoms with E-state index in [1.165, 1.54) is 18.2 Å². The summed E-state index contributed by atoms with van der Waals surface area (Å²) in [6.07, 6.45) is 5.97. The summed E-state index contributed by atoms with van der Waals surface area (Å²) in [7, 11) is -1.27. The zero-order valence-corrected chi connectivity index (χ0v) is 10.6. The lowest BCUT2D eigenvalue weighted by Crippen LogP contribution is -2.05. The lowest BCUT2D eigenvalue weighted by Gasteiger charge is -2.06. The van der Waals surface area contributed by atoms with E-state index in [1.54, 1.807) is 12.5 Å². The SMILES string of the molecule is Nc1ccc(F)cc1S(=O)CCCn1ccnc1. The fourth-order valence-electron chi connectivity index (χ4n) is 1.61. The van der Waals surface area contributed by atoms with Gasteiger partial charge < -0.3 is 10.3 Å². The van der Waals surface area contributed by atoms with E-state index in [-0.39, 0.29) is 0 Å². The highest BCUT2D eigenvalue weighted by Gasteiger charge is 2.09. The molecule has 18 heavy (non-hydrogen) atoms. The smallest absolute Gasteiger partial charge is 0.124 e. The molecule has 4 nitrogen and oxygen atoms in total. The van der Waals surface area contributed by atoms with Crippen LogP contribution < -0.4 is 5.73 Å². The molecule has 1 unspecified atom stereocenters. The number of benzene rings is 1. The van der Waals surface area contributed by atoms with Gasteiger partial charge in [-0.25, -0.2) is 9.37 Å². The molecule has 2 N–H and O–H groups in total. The van der Waals surface area contributed by atoms with Gasteiger partial charge in [-0.1, -0.05) is 0 Å². The van der Waals surface area contributed by atoms with Crippen LogP contribution in [0.1, 0.15) is 6.42 Å². The first-order valence-corrected chi connectivity index (χ1v) is 6.88. The number of hydrogen-bond acceptors (Lipinski definition) is 3. The molecule has 96 valence electrons. The van der Waals surface area contributed by atoms with Gasteiger partial charge in [0.15, 0.2) is 0 Å². The molecule has 0 fully saturated rings. The summed E-state index contributed by atoms with van der Waals surface area (Å²) >= 11 is 0. The third-order valence-electron chi connectivity index (χ3n) is 2.53. The molecule has 0 aliphatic rings. The summed E-state index contributed by atoms with van der Waals surface area (Å²) in [5, 5.41) is 0. The fourth-order valence-corrected chi connectivity index (χ4v) is 2.80. The molecular weight excluding hydrogens is 253 g/mol. The Morgan fingerprint density at radius 2 is 2.28 bits per heavy atom. The molecule has 1 aromatic heterocycles. The first kappa shape index (κ1) is 12.8. The van der Waals surface area contributed by atoms with E-state index in [9.17, 15) is 8.60 Å². The van der Waals surface area contributed by atoms with E-state index in [1.807, 2.05) is 10.8 Å². The molecular formula is C12H14FN3OS. The Kier molecular flexibility index (Phi) is 4.09. The minimum atomic E-state index is -1.27. The van der Waals surface area contributed by atoms with Gasteiger partial charge in [0.05, 0.1) is 22.0 Å². The van der Waals surface area contributed by atoms with Gasteiger partial charge in [-0.2, -0.15) is 0 Å². The third-order valence-corrected chi connectivity index (χ3v) is 4.03. The molecule has 0 saturated carbocycles. The molecule has 1 heterocycles. The highest BCUT2D eigenvalue weighted by Crippen LogP contribution is 2.18. The second kappa shape index (κ2) is 5.77. The summed E-state index contributed by atoms with van der Waals surface area (Å²) < 4.78 is 26.9. The summed E-state index contributed by atoms with van der Waals surface area (Å²) in [6, 6.07) is 3.95. The number of rotatable bonds is 5. The van der Waals surface area contributed by atoms with Gasteiger partial charge in [0, 0.05) is 30.4 Å². The molecule has 0 amide bonds. The number of hydrogen-bond donors (Lipinski definition) is 1. The van der Waals surface area contributed by atoms with Crippen LogP contribution in [0.25, 0.3) is 0 Å². The summed E-state index contributed by atoms with van der Waals surface area (Å²) in [4.78, 5) is 4.30. The lowest BCUT2D eigenvalue weighted by molar-refractivity contribution is 0.622. The monoisotopic (exact) mass is 267 g/mol. The van der Waals surface area contributed by atoms with E-state index in [0.29, 0.717) is 16.3 Å². The number of imidazole rings is 1. The highest BCUT2D eigenvalue weighted by molar-refractivity contribution is 7.85. The second-order valence-electron chi connectivity index (χ2n) is 3.89. The van der Waals surface area contributed by atoms with Crippen LogP contribution in [-0.2, 0) is 17.3 Å². The first-order chi connectivity index (χ1) is 8.66. The van der Waals surface area contributed by atoms with Crippen molar-refractivity contribution in [1.82, 2.24) is 9.55 Å². The fraction of sp³-hybridized carbons (Fsp3) is 0.250. The number of aromatic nitrogens is 2. The van der Waals surface area contributed by atoms with Crippen molar-refractivity contribution in [2.75, 3.05) is 11.5 Å². The largest absolute Gasteiger partial charge is 0.398 e. The van der Waals surface area contributed by atoms with Gasteiger partial charge >= 0.3 is 0 Å². The van der Waals surface area contributed by atoms with Crippen molar-refractivity contribution < 1.29 is 8.60 Å². The zero-order valence-electron chi connectivity index (χ0n) is 9.75. The van der Waals surface area contributed by atoms with Crippen molar-refractivity contribution in [2.24, 2.45) is 0 Å². The van der Waals surface area contributed by atoms with Crippen molar-refractivity contribution in [3.63, 3.8) is 0 Å². The third kappa shape index (κ3) is 3.16. The molecule has 0 aliphatic heterocycles. The molecule has 0 spiro atoms. The normalized spacial score (nSPS) is 12.5. The molecule has 6 heteroatoms. The minimum absolute atomic E-state index is 0.373. The Bertz CT molecular complexity index is 542.